The zero-order valence-electron chi connectivity index (χ0n) is 10.2. The zero-order valence-corrected chi connectivity index (χ0v) is 10.2. The van der Waals surface area contributed by atoms with Gasteiger partial charge >= 0.3 is 0 Å². The van der Waals surface area contributed by atoms with Crippen LogP contribution in [0.25, 0.3) is 0 Å². The van der Waals surface area contributed by atoms with Crippen LogP contribution in [0.1, 0.15) is 29.8 Å². The molecule has 1 aromatic rings. The number of hydrogen-bond acceptors (Lipinski definition) is 2. The smallest absolute Gasteiger partial charge is 0.253 e. The van der Waals surface area contributed by atoms with Gasteiger partial charge in [-0.2, -0.15) is 0 Å². The van der Waals surface area contributed by atoms with Gasteiger partial charge in [0.15, 0.2) is 0 Å². The first kappa shape index (κ1) is 13.5. The number of aryl methyl sites for hydroxylation is 1. The second kappa shape index (κ2) is 6.06. The number of nitrogens with zero attached hydrogens (tertiary/aromatic N) is 1. The van der Waals surface area contributed by atoms with Crippen LogP contribution in [-0.2, 0) is 0 Å². The molecule has 15 heavy (non-hydrogen) atoms. The summed E-state index contributed by atoms with van der Waals surface area (Å²) in [6, 6.07) is 5.36. The molecule has 0 fully saturated rings. The van der Waals surface area contributed by atoms with E-state index in [0.717, 1.165) is 5.56 Å². The Morgan fingerprint density at radius 3 is 2.13 bits per heavy atom. The van der Waals surface area contributed by atoms with Crippen molar-refractivity contribution >= 4 is 11.6 Å². The summed E-state index contributed by atoms with van der Waals surface area (Å²) in [4.78, 5) is 13.1. The Kier molecular flexibility index (Phi) is 5.45. The Hall–Kier alpha value is -1.51. The van der Waals surface area contributed by atoms with Crippen molar-refractivity contribution in [1.29, 1.82) is 0 Å². The number of rotatable bonds is 1. The van der Waals surface area contributed by atoms with E-state index in [0.29, 0.717) is 11.3 Å². The van der Waals surface area contributed by atoms with Crippen LogP contribution in [0, 0.1) is 6.92 Å². The van der Waals surface area contributed by atoms with Gasteiger partial charge in [0.05, 0.1) is 0 Å². The number of amides is 1. The second-order valence-corrected chi connectivity index (χ2v) is 3.33. The lowest BCUT2D eigenvalue weighted by Crippen LogP contribution is -2.21. The second-order valence-electron chi connectivity index (χ2n) is 3.33. The number of benzene rings is 1. The molecule has 2 N–H and O–H groups in total. The highest BCUT2D eigenvalue weighted by atomic mass is 16.2. The molecule has 0 aliphatic carbocycles. The average Bonchev–Trinajstić information content (AvgIpc) is 2.18. The largest absolute Gasteiger partial charge is 0.399 e. The van der Waals surface area contributed by atoms with Crippen molar-refractivity contribution in [1.82, 2.24) is 4.90 Å². The molecule has 0 saturated carbocycles. The van der Waals surface area contributed by atoms with Gasteiger partial charge in [0.1, 0.15) is 0 Å². The molecular weight excluding hydrogens is 188 g/mol. The third-order valence-corrected chi connectivity index (χ3v) is 1.75. The molecule has 1 rings (SSSR count). The quantitative estimate of drug-likeness (QED) is 0.720. The normalized spacial score (nSPS) is 8.87. The van der Waals surface area contributed by atoms with Gasteiger partial charge in [0.25, 0.3) is 5.91 Å². The summed E-state index contributed by atoms with van der Waals surface area (Å²) < 4.78 is 0. The molecule has 0 heterocycles. The molecule has 84 valence electrons. The zero-order chi connectivity index (χ0) is 12.0. The molecule has 1 aromatic carbocycles. The van der Waals surface area contributed by atoms with Gasteiger partial charge < -0.3 is 10.6 Å². The van der Waals surface area contributed by atoms with Gasteiger partial charge in [-0.25, -0.2) is 0 Å². The number of carbonyl (C=O) groups excluding carboxylic acids is 1. The number of hydrogen-bond donors (Lipinski definition) is 1. The Morgan fingerprint density at radius 2 is 1.73 bits per heavy atom. The Labute approximate surface area is 91.9 Å². The molecule has 0 bridgehead atoms. The van der Waals surface area contributed by atoms with Crippen molar-refractivity contribution in [3.63, 3.8) is 0 Å². The van der Waals surface area contributed by atoms with Crippen molar-refractivity contribution in [2.24, 2.45) is 0 Å². The van der Waals surface area contributed by atoms with Crippen LogP contribution in [0.3, 0.4) is 0 Å². The highest BCUT2D eigenvalue weighted by Gasteiger charge is 2.08. The average molecular weight is 208 g/mol. The summed E-state index contributed by atoms with van der Waals surface area (Å²) in [6.07, 6.45) is 0. The Morgan fingerprint density at radius 1 is 1.20 bits per heavy atom. The lowest BCUT2D eigenvalue weighted by atomic mass is 10.1. The predicted octanol–water partition coefficient (Wildman–Crippen LogP) is 2.31. The SMILES string of the molecule is CC.Cc1cc(N)cc(C(=O)N(C)C)c1. The fraction of sp³-hybridized carbons (Fsp3) is 0.417. The molecular formula is C12H20N2O. The number of anilines is 1. The van der Waals surface area contributed by atoms with E-state index in [-0.39, 0.29) is 5.91 Å². The van der Waals surface area contributed by atoms with Crippen LogP contribution in [0.2, 0.25) is 0 Å². The number of nitrogens with two attached hydrogens (primary N) is 1. The van der Waals surface area contributed by atoms with E-state index in [9.17, 15) is 4.79 Å². The van der Waals surface area contributed by atoms with Crippen LogP contribution < -0.4 is 5.73 Å². The highest BCUT2D eigenvalue weighted by molar-refractivity contribution is 5.94. The van der Waals surface area contributed by atoms with Gasteiger partial charge in [0.2, 0.25) is 0 Å². The summed E-state index contributed by atoms with van der Waals surface area (Å²) in [5.41, 5.74) is 7.90. The van der Waals surface area contributed by atoms with E-state index in [1.165, 1.54) is 4.90 Å². The van der Waals surface area contributed by atoms with Crippen molar-refractivity contribution in [2.45, 2.75) is 20.8 Å². The van der Waals surface area contributed by atoms with Crippen molar-refractivity contribution in [3.05, 3.63) is 29.3 Å². The molecule has 0 unspecified atom stereocenters. The number of nitrogen functional groups attached to an aromatic ring is 1. The minimum Gasteiger partial charge on any atom is -0.399 e. The van der Waals surface area contributed by atoms with Crippen molar-refractivity contribution < 1.29 is 4.79 Å². The van der Waals surface area contributed by atoms with Gasteiger partial charge in [-0.15, -0.1) is 0 Å². The lowest BCUT2D eigenvalue weighted by Gasteiger charge is -2.11. The summed E-state index contributed by atoms with van der Waals surface area (Å²) in [5, 5.41) is 0. The van der Waals surface area contributed by atoms with Crippen molar-refractivity contribution in [2.75, 3.05) is 19.8 Å². The van der Waals surface area contributed by atoms with E-state index in [1.54, 1.807) is 20.2 Å². The first-order valence-corrected chi connectivity index (χ1v) is 5.09. The van der Waals surface area contributed by atoms with E-state index in [1.807, 2.05) is 32.9 Å². The van der Waals surface area contributed by atoms with E-state index in [4.69, 9.17) is 5.73 Å². The maximum Gasteiger partial charge on any atom is 0.253 e. The standard InChI is InChI=1S/C10H14N2O.C2H6/c1-7-4-8(6-9(11)5-7)10(13)12(2)3;1-2/h4-6H,11H2,1-3H3;1-2H3. The monoisotopic (exact) mass is 208 g/mol. The van der Waals surface area contributed by atoms with Crippen LogP contribution in [-0.4, -0.2) is 24.9 Å². The minimum atomic E-state index is -0.0181. The topological polar surface area (TPSA) is 46.3 Å². The molecule has 0 atom stereocenters. The Balaban J connectivity index is 0.000000921. The molecule has 0 aromatic heterocycles. The van der Waals surface area contributed by atoms with Gasteiger partial charge in [-0.3, -0.25) is 4.79 Å². The summed E-state index contributed by atoms with van der Waals surface area (Å²) >= 11 is 0. The van der Waals surface area contributed by atoms with Crippen LogP contribution in [0.5, 0.6) is 0 Å². The molecule has 3 nitrogen and oxygen atoms in total. The van der Waals surface area contributed by atoms with E-state index >= 15 is 0 Å². The third-order valence-electron chi connectivity index (χ3n) is 1.75. The molecule has 0 saturated heterocycles. The maximum absolute atomic E-state index is 11.5. The molecule has 0 spiro atoms. The van der Waals surface area contributed by atoms with Gasteiger partial charge in [-0.05, 0) is 30.7 Å². The molecule has 3 heteroatoms. The summed E-state index contributed by atoms with van der Waals surface area (Å²) in [7, 11) is 3.45. The summed E-state index contributed by atoms with van der Waals surface area (Å²) in [6.45, 7) is 5.92. The van der Waals surface area contributed by atoms with Crippen LogP contribution in [0.15, 0.2) is 18.2 Å². The minimum absolute atomic E-state index is 0.0181. The van der Waals surface area contributed by atoms with Crippen LogP contribution in [0.4, 0.5) is 5.69 Å². The highest BCUT2D eigenvalue weighted by Crippen LogP contribution is 2.12. The van der Waals surface area contributed by atoms with Crippen LogP contribution >= 0.6 is 0 Å². The molecule has 1 amide bonds. The lowest BCUT2D eigenvalue weighted by molar-refractivity contribution is 0.0827. The molecule has 0 aliphatic rings. The first-order valence-electron chi connectivity index (χ1n) is 5.09. The van der Waals surface area contributed by atoms with Gasteiger partial charge in [0, 0.05) is 25.3 Å². The summed E-state index contributed by atoms with van der Waals surface area (Å²) in [5.74, 6) is -0.0181. The number of carbonyl (C=O) groups is 1. The molecule has 0 radical (unpaired) electrons. The van der Waals surface area contributed by atoms with E-state index < -0.39 is 0 Å². The first-order chi connectivity index (χ1) is 7.00. The maximum atomic E-state index is 11.5. The fourth-order valence-corrected chi connectivity index (χ4v) is 1.19. The molecule has 0 aliphatic heterocycles. The third kappa shape index (κ3) is 4.02. The predicted molar refractivity (Wildman–Crippen MR) is 65.0 cm³/mol. The van der Waals surface area contributed by atoms with E-state index in [2.05, 4.69) is 0 Å². The van der Waals surface area contributed by atoms with Gasteiger partial charge in [-0.1, -0.05) is 13.8 Å². The Bertz CT molecular complexity index is 312. The van der Waals surface area contributed by atoms with Crippen molar-refractivity contribution in [3.8, 4) is 0 Å². The fourth-order valence-electron chi connectivity index (χ4n) is 1.19.